The molecular formula is C13H24N2O3. The highest BCUT2D eigenvalue weighted by molar-refractivity contribution is 5.78. The highest BCUT2D eigenvalue weighted by Crippen LogP contribution is 2.23. The normalized spacial score (nSPS) is 26.7. The van der Waals surface area contributed by atoms with Gasteiger partial charge in [-0.3, -0.25) is 9.69 Å². The molecule has 2 heterocycles. The van der Waals surface area contributed by atoms with Crippen LogP contribution in [0.2, 0.25) is 0 Å². The number of ether oxygens (including phenoxy) is 2. The Hall–Kier alpha value is -0.650. The average Bonchev–Trinajstić information content (AvgIpc) is 2.81. The van der Waals surface area contributed by atoms with Gasteiger partial charge in [-0.05, 0) is 33.2 Å². The molecule has 1 atom stereocenters. The van der Waals surface area contributed by atoms with E-state index in [9.17, 15) is 4.79 Å². The van der Waals surface area contributed by atoms with Gasteiger partial charge in [-0.1, -0.05) is 6.42 Å². The van der Waals surface area contributed by atoms with Gasteiger partial charge >= 0.3 is 0 Å². The zero-order valence-electron chi connectivity index (χ0n) is 11.4. The second-order valence-corrected chi connectivity index (χ2v) is 5.37. The Morgan fingerprint density at radius 1 is 1.33 bits per heavy atom. The number of rotatable bonds is 4. The largest absolute Gasteiger partial charge is 0.353 e. The molecule has 0 radical (unpaired) electrons. The molecule has 2 aliphatic heterocycles. The van der Waals surface area contributed by atoms with Gasteiger partial charge < -0.3 is 14.8 Å². The molecule has 2 fully saturated rings. The van der Waals surface area contributed by atoms with Gasteiger partial charge in [-0.2, -0.15) is 0 Å². The van der Waals surface area contributed by atoms with Crippen molar-refractivity contribution in [2.75, 3.05) is 26.3 Å². The lowest BCUT2D eigenvalue weighted by Crippen LogP contribution is -2.51. The number of carbonyl (C=O) groups is 1. The summed E-state index contributed by atoms with van der Waals surface area (Å²) in [7, 11) is 0. The maximum absolute atomic E-state index is 11.8. The van der Waals surface area contributed by atoms with E-state index in [0.29, 0.717) is 19.8 Å². The number of nitrogens with one attached hydrogen (secondary N) is 1. The second kappa shape index (κ2) is 6.50. The van der Waals surface area contributed by atoms with Crippen molar-refractivity contribution in [1.29, 1.82) is 0 Å². The smallest absolute Gasteiger partial charge is 0.234 e. The van der Waals surface area contributed by atoms with Crippen LogP contribution < -0.4 is 5.32 Å². The number of nitrogens with zero attached hydrogens (tertiary/aromatic N) is 1. The molecule has 5 heteroatoms. The molecule has 0 aliphatic carbocycles. The number of carbonyl (C=O) groups excluding carboxylic acids is 1. The van der Waals surface area contributed by atoms with Gasteiger partial charge in [0.1, 0.15) is 0 Å². The summed E-state index contributed by atoms with van der Waals surface area (Å²) in [5, 5.41) is 2.94. The van der Waals surface area contributed by atoms with Crippen molar-refractivity contribution in [3.8, 4) is 0 Å². The summed E-state index contributed by atoms with van der Waals surface area (Å²) in [5.41, 5.74) is 0. The summed E-state index contributed by atoms with van der Waals surface area (Å²) >= 11 is 0. The van der Waals surface area contributed by atoms with Crippen LogP contribution in [0.25, 0.3) is 0 Å². The highest BCUT2D eigenvalue weighted by Gasteiger charge is 2.34. The van der Waals surface area contributed by atoms with Crippen molar-refractivity contribution in [1.82, 2.24) is 10.2 Å². The first-order chi connectivity index (χ1) is 8.66. The highest BCUT2D eigenvalue weighted by atomic mass is 16.7. The van der Waals surface area contributed by atoms with Crippen molar-refractivity contribution in [2.45, 2.75) is 51.5 Å². The fraction of sp³-hybridized carbons (Fsp3) is 0.923. The molecule has 0 spiro atoms. The van der Waals surface area contributed by atoms with Crippen LogP contribution in [-0.2, 0) is 14.3 Å². The third-order valence-electron chi connectivity index (χ3n) is 3.42. The summed E-state index contributed by atoms with van der Waals surface area (Å²) in [6.07, 6.45) is 3.26. The van der Waals surface area contributed by atoms with Crippen LogP contribution in [0.5, 0.6) is 0 Å². The molecule has 2 rings (SSSR count). The predicted octanol–water partition coefficient (Wildman–Crippen LogP) is 0.738. The van der Waals surface area contributed by atoms with Crippen LogP contribution >= 0.6 is 0 Å². The lowest BCUT2D eigenvalue weighted by molar-refractivity contribution is -0.131. The van der Waals surface area contributed by atoms with Gasteiger partial charge in [0.05, 0.1) is 25.8 Å². The van der Waals surface area contributed by atoms with Crippen molar-refractivity contribution in [3.05, 3.63) is 0 Å². The first-order valence-electron chi connectivity index (χ1n) is 6.93. The minimum atomic E-state index is -0.142. The van der Waals surface area contributed by atoms with E-state index in [1.165, 1.54) is 6.42 Å². The fourth-order valence-corrected chi connectivity index (χ4v) is 2.67. The Kier molecular flexibility index (Phi) is 4.97. The topological polar surface area (TPSA) is 50.8 Å². The van der Waals surface area contributed by atoms with Gasteiger partial charge in [0.2, 0.25) is 5.91 Å². The Morgan fingerprint density at radius 2 is 2.06 bits per heavy atom. The molecule has 1 amide bonds. The molecule has 0 aromatic heterocycles. The van der Waals surface area contributed by atoms with Gasteiger partial charge in [-0.15, -0.1) is 0 Å². The molecule has 1 N–H and O–H groups in total. The standard InChI is InChI=1S/C13H24N2O3/c1-10(2)14-12(16)9-15-6-4-3-5-11(15)13-17-7-8-18-13/h10-11,13H,3-9H2,1-2H3,(H,14,16). The van der Waals surface area contributed by atoms with Crippen LogP contribution in [0.1, 0.15) is 33.1 Å². The number of likely N-dealkylation sites (tertiary alicyclic amines) is 1. The third kappa shape index (κ3) is 3.67. The Bertz CT molecular complexity index is 277. The van der Waals surface area contributed by atoms with E-state index in [4.69, 9.17) is 9.47 Å². The van der Waals surface area contributed by atoms with Crippen molar-refractivity contribution >= 4 is 5.91 Å². The Morgan fingerprint density at radius 3 is 2.72 bits per heavy atom. The predicted molar refractivity (Wildman–Crippen MR) is 68.2 cm³/mol. The van der Waals surface area contributed by atoms with Crippen molar-refractivity contribution in [3.63, 3.8) is 0 Å². The molecule has 18 heavy (non-hydrogen) atoms. The first-order valence-corrected chi connectivity index (χ1v) is 6.93. The number of hydrogen-bond donors (Lipinski definition) is 1. The lowest BCUT2D eigenvalue weighted by atomic mass is 10.0. The van der Waals surface area contributed by atoms with E-state index >= 15 is 0 Å². The van der Waals surface area contributed by atoms with Crippen LogP contribution in [0.3, 0.4) is 0 Å². The first kappa shape index (κ1) is 13.8. The van der Waals surface area contributed by atoms with Gasteiger partial charge in [0.15, 0.2) is 6.29 Å². The summed E-state index contributed by atoms with van der Waals surface area (Å²) in [6, 6.07) is 0.430. The zero-order valence-corrected chi connectivity index (χ0v) is 11.4. The minimum Gasteiger partial charge on any atom is -0.353 e. The fourth-order valence-electron chi connectivity index (χ4n) is 2.67. The lowest BCUT2D eigenvalue weighted by Gasteiger charge is -2.37. The maximum Gasteiger partial charge on any atom is 0.234 e. The molecule has 5 nitrogen and oxygen atoms in total. The molecule has 0 bridgehead atoms. The van der Waals surface area contributed by atoms with Crippen LogP contribution in [-0.4, -0.2) is 55.5 Å². The summed E-state index contributed by atoms with van der Waals surface area (Å²) < 4.78 is 11.2. The Balaban J connectivity index is 1.88. The molecule has 0 aromatic carbocycles. The monoisotopic (exact) mass is 256 g/mol. The molecule has 2 aliphatic rings. The molecule has 0 saturated carbocycles. The number of piperidine rings is 1. The van der Waals surface area contributed by atoms with Crippen molar-refractivity contribution in [2.24, 2.45) is 0 Å². The van der Waals surface area contributed by atoms with Gasteiger partial charge in [0.25, 0.3) is 0 Å². The maximum atomic E-state index is 11.8. The van der Waals surface area contributed by atoms with E-state index in [-0.39, 0.29) is 24.3 Å². The second-order valence-electron chi connectivity index (χ2n) is 5.37. The molecule has 104 valence electrons. The van der Waals surface area contributed by atoms with E-state index < -0.39 is 0 Å². The average molecular weight is 256 g/mol. The van der Waals surface area contributed by atoms with Crippen molar-refractivity contribution < 1.29 is 14.3 Å². The van der Waals surface area contributed by atoms with Crippen LogP contribution in [0, 0.1) is 0 Å². The summed E-state index contributed by atoms with van der Waals surface area (Å²) in [4.78, 5) is 14.1. The molecular weight excluding hydrogens is 232 g/mol. The van der Waals surface area contributed by atoms with Gasteiger partial charge in [0, 0.05) is 6.04 Å². The zero-order chi connectivity index (χ0) is 13.0. The summed E-state index contributed by atoms with van der Waals surface area (Å²) in [6.45, 7) is 6.72. The van der Waals surface area contributed by atoms with E-state index in [0.717, 1.165) is 19.4 Å². The number of amides is 1. The van der Waals surface area contributed by atoms with E-state index in [1.807, 2.05) is 13.8 Å². The number of hydrogen-bond acceptors (Lipinski definition) is 4. The molecule has 1 unspecified atom stereocenters. The van der Waals surface area contributed by atoms with E-state index in [2.05, 4.69) is 10.2 Å². The van der Waals surface area contributed by atoms with Crippen LogP contribution in [0.4, 0.5) is 0 Å². The van der Waals surface area contributed by atoms with Crippen LogP contribution in [0.15, 0.2) is 0 Å². The molecule has 2 saturated heterocycles. The Labute approximate surface area is 109 Å². The summed E-state index contributed by atoms with van der Waals surface area (Å²) in [5.74, 6) is 0.0925. The third-order valence-corrected chi connectivity index (χ3v) is 3.42. The van der Waals surface area contributed by atoms with Gasteiger partial charge in [-0.25, -0.2) is 0 Å². The molecule has 0 aromatic rings. The SMILES string of the molecule is CC(C)NC(=O)CN1CCCCC1C1OCCO1. The quantitative estimate of drug-likeness (QED) is 0.806. The van der Waals surface area contributed by atoms with E-state index in [1.54, 1.807) is 0 Å². The minimum absolute atomic E-state index is 0.0925.